The average Bonchev–Trinajstić information content (AvgIpc) is 3.35. The molecular weight excluding hydrogens is 468 g/mol. The van der Waals surface area contributed by atoms with Gasteiger partial charge < -0.3 is 35.0 Å². The fraction of sp³-hybridized carbons (Fsp3) is 0.250. The van der Waals surface area contributed by atoms with Crippen LogP contribution in [0.2, 0.25) is 0 Å². The zero-order chi connectivity index (χ0) is 21.7. The van der Waals surface area contributed by atoms with E-state index in [1.54, 1.807) is 29.0 Å². The lowest BCUT2D eigenvalue weighted by atomic mass is 10.1. The first-order valence-electron chi connectivity index (χ1n) is 9.51. The Balaban J connectivity index is 1.35. The highest BCUT2D eigenvalue weighted by atomic mass is 79.9. The van der Waals surface area contributed by atoms with E-state index in [-0.39, 0.29) is 12.0 Å². The van der Waals surface area contributed by atoms with E-state index in [0.717, 1.165) is 9.86 Å². The maximum Gasteiger partial charge on any atom is 0.164 e. The molecule has 1 aliphatic rings. The summed E-state index contributed by atoms with van der Waals surface area (Å²) in [6.07, 6.45) is -0.914. The number of nitrogens with zero attached hydrogens (tertiary/aromatic N) is 3. The van der Waals surface area contributed by atoms with E-state index in [2.05, 4.69) is 30.9 Å². The number of aliphatic hydroxyl groups excluding tert-OH is 2. The Morgan fingerprint density at radius 3 is 2.94 bits per heavy atom. The van der Waals surface area contributed by atoms with Gasteiger partial charge in [0.05, 0.1) is 21.7 Å². The molecule has 0 unspecified atom stereocenters. The van der Waals surface area contributed by atoms with E-state index in [1.807, 2.05) is 12.1 Å². The van der Waals surface area contributed by atoms with Crippen molar-refractivity contribution in [2.24, 2.45) is 0 Å². The van der Waals surface area contributed by atoms with E-state index < -0.39 is 24.5 Å². The number of benzene rings is 1. The van der Waals surface area contributed by atoms with E-state index in [4.69, 9.17) is 20.6 Å². The average molecular weight is 487 g/mol. The van der Waals surface area contributed by atoms with Crippen LogP contribution in [0.4, 0.5) is 5.82 Å². The first-order chi connectivity index (χ1) is 14.9. The number of aromatic amines is 1. The Morgan fingerprint density at radius 2 is 2.10 bits per heavy atom. The normalized spacial score (nSPS) is 23.6. The van der Waals surface area contributed by atoms with Crippen LogP contribution >= 0.6 is 15.9 Å². The highest BCUT2D eigenvalue weighted by Crippen LogP contribution is 2.32. The standard InChI is InChI=1S/C20H19BrN6O4/c21-11-5-9-1-2-10(6-13(9)26-18(11)23)30-7-14-16(28)17(29)20(31-14)27-4-3-12(22)15-19(27)25-8-24-15/h1-6,8,14,16-17,20,22,28-29H,7H2,(H2,23,26)(H,24,25)/t14-,16-,17-,20-/m1/s1. The highest BCUT2D eigenvalue weighted by molar-refractivity contribution is 9.10. The zero-order valence-corrected chi connectivity index (χ0v) is 17.7. The van der Waals surface area contributed by atoms with Crippen LogP contribution in [0.25, 0.3) is 22.1 Å². The molecule has 1 fully saturated rings. The van der Waals surface area contributed by atoms with Gasteiger partial charge in [-0.3, -0.25) is 5.41 Å². The van der Waals surface area contributed by atoms with Crippen molar-refractivity contribution in [3.05, 3.63) is 52.7 Å². The predicted molar refractivity (Wildman–Crippen MR) is 115 cm³/mol. The fourth-order valence-electron chi connectivity index (χ4n) is 3.70. The van der Waals surface area contributed by atoms with Crippen LogP contribution in [0, 0.1) is 5.41 Å². The summed E-state index contributed by atoms with van der Waals surface area (Å²) in [4.78, 5) is 11.4. The number of rotatable bonds is 4. The van der Waals surface area contributed by atoms with Crippen molar-refractivity contribution in [3.63, 3.8) is 0 Å². The molecule has 10 nitrogen and oxygen atoms in total. The summed E-state index contributed by atoms with van der Waals surface area (Å²) in [6, 6.07) is 8.84. The molecule has 160 valence electrons. The van der Waals surface area contributed by atoms with Crippen LogP contribution in [-0.4, -0.2) is 54.7 Å². The molecule has 4 heterocycles. The number of anilines is 1. The summed E-state index contributed by atoms with van der Waals surface area (Å²) in [5, 5.41) is 30.2. The number of aliphatic hydroxyl groups is 2. The molecule has 0 amide bonds. The lowest BCUT2D eigenvalue weighted by Crippen LogP contribution is -2.34. The second-order valence-corrected chi connectivity index (χ2v) is 8.16. The van der Waals surface area contributed by atoms with Crippen LogP contribution in [0.1, 0.15) is 6.23 Å². The number of pyridine rings is 2. The van der Waals surface area contributed by atoms with Crippen molar-refractivity contribution >= 4 is 43.8 Å². The van der Waals surface area contributed by atoms with Crippen LogP contribution in [0.3, 0.4) is 0 Å². The van der Waals surface area contributed by atoms with E-state index >= 15 is 0 Å². The second kappa shape index (κ2) is 7.61. The summed E-state index contributed by atoms with van der Waals surface area (Å²) < 4.78 is 14.0. The number of nitrogens with two attached hydrogens (primary N) is 1. The largest absolute Gasteiger partial charge is 0.491 e. The van der Waals surface area contributed by atoms with Gasteiger partial charge in [0.2, 0.25) is 0 Å². The van der Waals surface area contributed by atoms with Crippen LogP contribution in [-0.2, 0) is 4.74 Å². The van der Waals surface area contributed by atoms with Gasteiger partial charge in [-0.05, 0) is 40.2 Å². The number of nitrogen functional groups attached to an aromatic ring is 1. The number of hydrogen-bond donors (Lipinski definition) is 5. The number of nitrogens with one attached hydrogen (secondary N) is 2. The third-order valence-corrected chi connectivity index (χ3v) is 5.97. The maximum absolute atomic E-state index is 10.6. The molecular formula is C20H19BrN6O4. The van der Waals surface area contributed by atoms with Crippen molar-refractivity contribution in [2.45, 2.75) is 24.5 Å². The van der Waals surface area contributed by atoms with Crippen molar-refractivity contribution in [2.75, 3.05) is 12.3 Å². The van der Waals surface area contributed by atoms with Crippen molar-refractivity contribution in [1.29, 1.82) is 5.41 Å². The summed E-state index contributed by atoms with van der Waals surface area (Å²) in [6.45, 7) is 0.0209. The van der Waals surface area contributed by atoms with Gasteiger partial charge in [0.15, 0.2) is 11.9 Å². The topological polar surface area (TPSA) is 155 Å². The second-order valence-electron chi connectivity index (χ2n) is 7.31. The van der Waals surface area contributed by atoms with Gasteiger partial charge in [-0.15, -0.1) is 0 Å². The SMILES string of the molecule is N=c1ccn([C@@H]2O[C@H](COc3ccc4cc(Br)c(N)nc4c3)[C@@H](O)[C@H]2O)c2nc[nH]c12. The Bertz CT molecular complexity index is 1340. The van der Waals surface area contributed by atoms with E-state index in [0.29, 0.717) is 28.2 Å². The van der Waals surface area contributed by atoms with Crippen LogP contribution in [0.5, 0.6) is 5.75 Å². The van der Waals surface area contributed by atoms with Gasteiger partial charge in [-0.1, -0.05) is 0 Å². The molecule has 0 aliphatic carbocycles. The van der Waals surface area contributed by atoms with Gasteiger partial charge in [0, 0.05) is 17.6 Å². The monoisotopic (exact) mass is 486 g/mol. The molecule has 0 spiro atoms. The third kappa shape index (κ3) is 3.45. The van der Waals surface area contributed by atoms with Crippen molar-refractivity contribution in [3.8, 4) is 5.75 Å². The Labute approximate surface area is 183 Å². The smallest absolute Gasteiger partial charge is 0.164 e. The predicted octanol–water partition coefficient (Wildman–Crippen LogP) is 1.43. The molecule has 11 heteroatoms. The molecule has 3 aromatic heterocycles. The minimum absolute atomic E-state index is 0.0209. The van der Waals surface area contributed by atoms with Gasteiger partial charge in [-0.2, -0.15) is 0 Å². The minimum Gasteiger partial charge on any atom is -0.491 e. The molecule has 0 saturated carbocycles. The van der Waals surface area contributed by atoms with Gasteiger partial charge in [-0.25, -0.2) is 9.97 Å². The molecule has 1 aliphatic heterocycles. The minimum atomic E-state index is -1.19. The van der Waals surface area contributed by atoms with Crippen molar-refractivity contribution < 1.29 is 19.7 Å². The zero-order valence-electron chi connectivity index (χ0n) is 16.1. The number of aromatic nitrogens is 4. The summed E-state index contributed by atoms with van der Waals surface area (Å²) in [5.74, 6) is 0.918. The molecule has 31 heavy (non-hydrogen) atoms. The summed E-state index contributed by atoms with van der Waals surface area (Å²) in [7, 11) is 0. The number of ether oxygens (including phenoxy) is 2. The molecule has 5 rings (SSSR count). The molecule has 4 aromatic rings. The lowest BCUT2D eigenvalue weighted by molar-refractivity contribution is -0.0474. The Hall–Kier alpha value is -2.99. The van der Waals surface area contributed by atoms with Gasteiger partial charge in [0.25, 0.3) is 0 Å². The van der Waals surface area contributed by atoms with E-state index in [1.165, 1.54) is 6.33 Å². The van der Waals surface area contributed by atoms with E-state index in [9.17, 15) is 10.2 Å². The quantitative estimate of drug-likeness (QED) is 0.292. The summed E-state index contributed by atoms with van der Waals surface area (Å²) in [5.41, 5.74) is 7.50. The number of fused-ring (bicyclic) bond motifs is 2. The van der Waals surface area contributed by atoms with Crippen molar-refractivity contribution in [1.82, 2.24) is 19.5 Å². The highest BCUT2D eigenvalue weighted by Gasteiger charge is 2.44. The van der Waals surface area contributed by atoms with Gasteiger partial charge in [0.1, 0.15) is 42.0 Å². The summed E-state index contributed by atoms with van der Waals surface area (Å²) >= 11 is 3.36. The first kappa shape index (κ1) is 19.9. The molecule has 0 radical (unpaired) electrons. The number of halogens is 1. The molecule has 0 bridgehead atoms. The number of imidazole rings is 1. The first-order valence-corrected chi connectivity index (χ1v) is 10.3. The third-order valence-electron chi connectivity index (χ3n) is 5.33. The fourth-order valence-corrected chi connectivity index (χ4v) is 4.03. The van der Waals surface area contributed by atoms with Crippen LogP contribution in [0.15, 0.2) is 47.3 Å². The molecule has 1 aromatic carbocycles. The Morgan fingerprint density at radius 1 is 1.26 bits per heavy atom. The molecule has 4 atom stereocenters. The molecule has 6 N–H and O–H groups in total. The number of H-pyrrole nitrogens is 1. The maximum atomic E-state index is 10.6. The Kier molecular flexibility index (Phi) is 4.89. The van der Waals surface area contributed by atoms with Gasteiger partial charge >= 0.3 is 0 Å². The van der Waals surface area contributed by atoms with Crippen LogP contribution < -0.4 is 15.8 Å². The molecule has 1 saturated heterocycles. The lowest BCUT2D eigenvalue weighted by Gasteiger charge is -2.19. The number of hydrogen-bond acceptors (Lipinski definition) is 8.